The number of carbonyl (C=O) groups is 16. The number of carboxylic acid groups (broad SMARTS) is 6. The highest BCUT2D eigenvalue weighted by Crippen LogP contribution is 2.22. The molecule has 1 saturated heterocycles. The SMILES string of the molecule is CC(C)C[C@H](NC(=O)[C@H](Cc1c[nH]c2ccccc12)NC(=O)[C@H](CCC(=O)O)NC(=O)[C@H](Cc1ccccc1)NC(=O)[C@H](Cc1ccc(O)cc1)NC(=O)[C@H](CC(=O)O)NC(=O)CNC(=O)[C@H](CCC(=O)O)NC(=O)[C@@H]1CCCN1C(=O)[C@@H](N)CCC(=O)O)C(=O)N[C@@H](CCC(=O)O)C(=O)O. The summed E-state index contributed by atoms with van der Waals surface area (Å²) in [5, 5.41) is 89.6. The number of aromatic nitrogens is 1. The Morgan fingerprint density at radius 2 is 0.950 bits per heavy atom. The Bertz CT molecular complexity index is 3660. The van der Waals surface area contributed by atoms with Crippen LogP contribution in [-0.4, -0.2) is 214 Å². The van der Waals surface area contributed by atoms with Crippen molar-refractivity contribution in [1.29, 1.82) is 0 Å². The number of aromatic amines is 1. The van der Waals surface area contributed by atoms with Crippen molar-refractivity contribution < 1.29 is 112 Å². The maximum absolute atomic E-state index is 14.8. The largest absolute Gasteiger partial charge is 0.508 e. The molecule has 1 fully saturated rings. The molecule has 4 aromatic rings. The Morgan fingerprint density at radius 3 is 1.50 bits per heavy atom. The Morgan fingerprint density at radius 1 is 0.495 bits per heavy atom. The second-order valence-electron chi connectivity index (χ2n) is 24.5. The van der Waals surface area contributed by atoms with Gasteiger partial charge in [-0.3, -0.25) is 71.9 Å². The molecule has 35 nitrogen and oxygen atoms in total. The zero-order valence-electron chi connectivity index (χ0n) is 55.1. The molecular formula is C66H84N12O23. The summed E-state index contributed by atoms with van der Waals surface area (Å²) in [5.74, 6) is -20.0. The number of H-pyrrole nitrogens is 1. The molecular weight excluding hydrogens is 1330 g/mol. The first-order valence-corrected chi connectivity index (χ1v) is 32.2. The second-order valence-corrected chi connectivity index (χ2v) is 24.5. The van der Waals surface area contributed by atoms with Crippen LogP contribution in [0.2, 0.25) is 0 Å². The number of rotatable bonds is 42. The van der Waals surface area contributed by atoms with E-state index in [2.05, 4.69) is 52.8 Å². The highest BCUT2D eigenvalue weighted by Gasteiger charge is 2.40. The summed E-state index contributed by atoms with van der Waals surface area (Å²) >= 11 is 0. The van der Waals surface area contributed by atoms with E-state index in [0.717, 1.165) is 4.90 Å². The molecule has 10 amide bonds. The Kier molecular flexibility index (Phi) is 31.1. The van der Waals surface area contributed by atoms with Crippen molar-refractivity contribution in [2.24, 2.45) is 11.7 Å². The second kappa shape index (κ2) is 39.2. The molecule has 0 spiro atoms. The third kappa shape index (κ3) is 26.7. The molecule has 2 heterocycles. The molecule has 0 saturated carbocycles. The van der Waals surface area contributed by atoms with Crippen LogP contribution in [0.4, 0.5) is 0 Å². The lowest BCUT2D eigenvalue weighted by atomic mass is 9.99. The number of nitrogens with zero attached hydrogens (tertiary/aromatic N) is 1. The predicted molar refractivity (Wildman–Crippen MR) is 352 cm³/mol. The number of nitrogens with two attached hydrogens (primary N) is 1. The number of hydrogen-bond acceptors (Lipinski definition) is 18. The molecule has 0 unspecified atom stereocenters. The lowest BCUT2D eigenvalue weighted by molar-refractivity contribution is -0.144. The molecule has 1 aromatic heterocycles. The van der Waals surface area contributed by atoms with Crippen molar-refractivity contribution in [3.63, 3.8) is 0 Å². The number of hydrogen-bond donors (Lipinski definition) is 18. The predicted octanol–water partition coefficient (Wildman–Crippen LogP) is -1.72. The summed E-state index contributed by atoms with van der Waals surface area (Å²) in [6, 6.07) is 3.56. The molecule has 546 valence electrons. The first-order chi connectivity index (χ1) is 47.8. The summed E-state index contributed by atoms with van der Waals surface area (Å²) in [4.78, 5) is 216. The third-order valence-electron chi connectivity index (χ3n) is 16.1. The van der Waals surface area contributed by atoms with E-state index in [1.54, 1.807) is 74.6 Å². The Hall–Kier alpha value is -11.5. The van der Waals surface area contributed by atoms with Crippen LogP contribution >= 0.6 is 0 Å². The van der Waals surface area contributed by atoms with Gasteiger partial charge >= 0.3 is 35.8 Å². The fraction of sp³-hybridized carbons (Fsp3) is 0.455. The van der Waals surface area contributed by atoms with E-state index in [9.17, 15) is 107 Å². The molecule has 35 heteroatoms. The van der Waals surface area contributed by atoms with Crippen LogP contribution in [0.3, 0.4) is 0 Å². The van der Waals surface area contributed by atoms with Gasteiger partial charge in [-0.2, -0.15) is 0 Å². The molecule has 0 radical (unpaired) electrons. The quantitative estimate of drug-likeness (QED) is 0.0235. The number of carboxylic acids is 6. The Balaban J connectivity index is 1.41. The molecule has 0 bridgehead atoms. The van der Waals surface area contributed by atoms with E-state index in [1.807, 2.05) is 0 Å². The third-order valence-corrected chi connectivity index (χ3v) is 16.1. The van der Waals surface area contributed by atoms with Crippen molar-refractivity contribution in [1.82, 2.24) is 57.7 Å². The summed E-state index contributed by atoms with van der Waals surface area (Å²) in [6.45, 7) is 2.39. The van der Waals surface area contributed by atoms with Crippen LogP contribution < -0.4 is 53.6 Å². The lowest BCUT2D eigenvalue weighted by Crippen LogP contribution is -2.61. The number of carbonyl (C=O) groups excluding carboxylic acids is 10. The van der Waals surface area contributed by atoms with Crippen LogP contribution in [0.5, 0.6) is 5.75 Å². The molecule has 5 rings (SSSR count). The molecule has 3 aromatic carbocycles. The molecule has 101 heavy (non-hydrogen) atoms. The topological polar surface area (TPSA) is 568 Å². The van der Waals surface area contributed by atoms with Gasteiger partial charge in [0.1, 0.15) is 60.1 Å². The first-order valence-electron chi connectivity index (χ1n) is 32.2. The van der Waals surface area contributed by atoms with Crippen molar-refractivity contribution in [2.45, 2.75) is 171 Å². The summed E-state index contributed by atoms with van der Waals surface area (Å²) in [6.07, 6.45) is -4.98. The smallest absolute Gasteiger partial charge is 0.326 e. The maximum atomic E-state index is 14.8. The van der Waals surface area contributed by atoms with E-state index in [1.165, 1.54) is 24.3 Å². The van der Waals surface area contributed by atoms with E-state index < -0.39 is 220 Å². The first kappa shape index (κ1) is 80.2. The minimum absolute atomic E-state index is 0.0438. The Labute approximate surface area is 576 Å². The summed E-state index contributed by atoms with van der Waals surface area (Å²) in [7, 11) is 0. The highest BCUT2D eigenvalue weighted by molar-refractivity contribution is 6.00. The van der Waals surface area contributed by atoms with Crippen LogP contribution in [0.15, 0.2) is 85.1 Å². The average molecular weight is 1410 g/mol. The number of para-hydroxylation sites is 1. The monoisotopic (exact) mass is 1410 g/mol. The molecule has 0 aliphatic carbocycles. The van der Waals surface area contributed by atoms with E-state index in [4.69, 9.17) is 10.8 Å². The minimum Gasteiger partial charge on any atom is -0.508 e. The van der Waals surface area contributed by atoms with Crippen LogP contribution in [0, 0.1) is 5.92 Å². The van der Waals surface area contributed by atoms with Crippen LogP contribution in [-0.2, 0) is 96.0 Å². The zero-order chi connectivity index (χ0) is 74.6. The molecule has 19 N–H and O–H groups in total. The summed E-state index contributed by atoms with van der Waals surface area (Å²) < 4.78 is 0. The number of likely N-dealkylation sites (tertiary alicyclic amines) is 1. The number of aromatic hydroxyl groups is 1. The maximum Gasteiger partial charge on any atom is 0.326 e. The number of phenols is 1. The highest BCUT2D eigenvalue weighted by atomic mass is 16.4. The standard InChI is InChI=1S/C66H84N12O23/c1-34(2)27-45(59(93)73-44(66(100)101)21-25-55(87)88)74-62(96)48(30-37-32-68-41-12-7-6-11-39(37)41)77-58(92)43(20-24-54(85)86)71-60(94)46(28-35-9-4-3-5-10-35)75-61(95)47(29-36-14-16-38(79)17-15-36)76-63(97)49(31-56(89)90)70-51(80)33-69-57(91)42(19-23-53(83)84)72-64(98)50-13-8-26-78(50)65(99)40(67)18-22-52(81)82/h3-7,9-12,14-17,32,34,40,42-50,68,79H,8,13,18-31,33,67H2,1-2H3,(H,69,91)(H,70,80)(H,71,94)(H,72,98)(H,73,93)(H,74,96)(H,75,95)(H,76,97)(H,77,92)(H,81,82)(H,83,84)(H,85,86)(H,87,88)(H,89,90)(H,100,101)/t40-,42-,43-,44-,45-,46-,47-,48-,49-,50-/m0/s1. The number of phenolic OH excluding ortho intramolecular Hbond substituents is 1. The number of amides is 10. The van der Waals surface area contributed by atoms with Gasteiger partial charge < -0.3 is 99.2 Å². The molecule has 10 atom stereocenters. The van der Waals surface area contributed by atoms with Crippen LogP contribution in [0.25, 0.3) is 10.9 Å². The van der Waals surface area contributed by atoms with Gasteiger partial charge in [0.05, 0.1) is 19.0 Å². The fourth-order valence-corrected chi connectivity index (χ4v) is 10.9. The van der Waals surface area contributed by atoms with Gasteiger partial charge in [-0.15, -0.1) is 0 Å². The van der Waals surface area contributed by atoms with Gasteiger partial charge in [0.15, 0.2) is 0 Å². The number of fused-ring (bicyclic) bond motifs is 1. The minimum atomic E-state index is -2.04. The van der Waals surface area contributed by atoms with E-state index in [-0.39, 0.29) is 55.9 Å². The number of nitrogens with one attached hydrogen (secondary N) is 10. The van der Waals surface area contributed by atoms with Gasteiger partial charge in [0.2, 0.25) is 59.1 Å². The average Bonchev–Trinajstić information content (AvgIpc) is 1.77. The van der Waals surface area contributed by atoms with E-state index >= 15 is 0 Å². The van der Waals surface area contributed by atoms with E-state index in [0.29, 0.717) is 28.5 Å². The van der Waals surface area contributed by atoms with Gasteiger partial charge in [0, 0.05) is 68.6 Å². The van der Waals surface area contributed by atoms with Crippen LogP contribution in [0.1, 0.15) is 108 Å². The summed E-state index contributed by atoms with van der Waals surface area (Å²) in [5.41, 5.74) is 7.62. The molecule has 1 aliphatic heterocycles. The van der Waals surface area contributed by atoms with Gasteiger partial charge in [-0.1, -0.05) is 74.5 Å². The van der Waals surface area contributed by atoms with Crippen molar-refractivity contribution in [3.05, 3.63) is 102 Å². The number of aliphatic carboxylic acids is 6. The molecule has 1 aliphatic rings. The van der Waals surface area contributed by atoms with Crippen molar-refractivity contribution in [2.75, 3.05) is 13.1 Å². The van der Waals surface area contributed by atoms with Gasteiger partial charge in [0.25, 0.3) is 0 Å². The lowest BCUT2D eigenvalue weighted by Gasteiger charge is -2.28. The zero-order valence-corrected chi connectivity index (χ0v) is 55.1. The van der Waals surface area contributed by atoms with Crippen molar-refractivity contribution >= 4 is 106 Å². The van der Waals surface area contributed by atoms with Gasteiger partial charge in [-0.05, 0) is 85.8 Å². The normalized spacial score (nSPS) is 15.2. The fourth-order valence-electron chi connectivity index (χ4n) is 10.9. The number of benzene rings is 3. The van der Waals surface area contributed by atoms with Gasteiger partial charge in [-0.25, -0.2) is 4.79 Å². The van der Waals surface area contributed by atoms with Crippen molar-refractivity contribution in [3.8, 4) is 5.75 Å².